The van der Waals surface area contributed by atoms with E-state index < -0.39 is 10.0 Å². The Labute approximate surface area is 82.5 Å². The van der Waals surface area contributed by atoms with Crippen LogP contribution in [0.3, 0.4) is 0 Å². The van der Waals surface area contributed by atoms with E-state index in [0.717, 1.165) is 11.5 Å². The molecule has 1 rings (SSSR count). The van der Waals surface area contributed by atoms with Gasteiger partial charge in [-0.05, 0) is 6.92 Å². The van der Waals surface area contributed by atoms with E-state index in [-0.39, 0.29) is 11.3 Å². The number of thioether (sulfide) groups is 1. The zero-order valence-electron chi connectivity index (χ0n) is 6.86. The Hall–Kier alpha value is 0.550. The first-order chi connectivity index (χ1) is 5.58. The number of hydrogen-bond donors (Lipinski definition) is 0. The fraction of sp³-hybridized carbons (Fsp3) is 1.00. The molecular weight excluding hydrogens is 218 g/mol. The summed E-state index contributed by atoms with van der Waals surface area (Å²) in [6.07, 6.45) is 0. The van der Waals surface area contributed by atoms with E-state index >= 15 is 0 Å². The van der Waals surface area contributed by atoms with Crippen LogP contribution in [0.1, 0.15) is 6.92 Å². The van der Waals surface area contributed by atoms with Crippen molar-refractivity contribution in [3.63, 3.8) is 0 Å². The molecule has 0 N–H and O–H groups in total. The molecule has 6 heteroatoms. The molecule has 1 unspecified atom stereocenters. The van der Waals surface area contributed by atoms with E-state index in [4.69, 9.17) is 11.6 Å². The Balaban J connectivity index is 2.72. The number of halogens is 1. The average molecular weight is 230 g/mol. The highest BCUT2D eigenvalue weighted by Gasteiger charge is 2.28. The molecule has 0 aromatic heterocycles. The molecule has 1 saturated heterocycles. The van der Waals surface area contributed by atoms with Gasteiger partial charge in [0.1, 0.15) is 5.21 Å². The van der Waals surface area contributed by atoms with E-state index in [1.165, 1.54) is 4.31 Å². The molecule has 72 valence electrons. The monoisotopic (exact) mass is 229 g/mol. The van der Waals surface area contributed by atoms with Crippen LogP contribution in [0, 0.1) is 0 Å². The number of nitrogens with zero attached hydrogens (tertiary/aromatic N) is 1. The van der Waals surface area contributed by atoms with Crippen molar-refractivity contribution in [2.75, 3.05) is 23.3 Å². The van der Waals surface area contributed by atoms with Crippen LogP contribution >= 0.6 is 23.4 Å². The minimum absolute atomic E-state index is 0.0903. The molecule has 0 spiro atoms. The fourth-order valence-electron chi connectivity index (χ4n) is 1.19. The Morgan fingerprint density at radius 2 is 2.33 bits per heavy atom. The number of rotatable bonds is 2. The summed E-state index contributed by atoms with van der Waals surface area (Å²) in [5, 5.41) is -0.304. The zero-order chi connectivity index (χ0) is 9.19. The minimum Gasteiger partial charge on any atom is -0.211 e. The molecular formula is C6H12ClNO2S2. The summed E-state index contributed by atoms with van der Waals surface area (Å²) in [6, 6.07) is 0.0903. The molecule has 1 aliphatic rings. The molecule has 0 aromatic carbocycles. The summed E-state index contributed by atoms with van der Waals surface area (Å²) in [5.41, 5.74) is 0. The molecule has 1 atom stereocenters. The number of alkyl halides is 1. The van der Waals surface area contributed by atoms with Crippen LogP contribution in [0.15, 0.2) is 0 Å². The van der Waals surface area contributed by atoms with E-state index in [0.29, 0.717) is 6.54 Å². The van der Waals surface area contributed by atoms with Gasteiger partial charge in [0.25, 0.3) is 0 Å². The second-order valence-corrected chi connectivity index (χ2v) is 6.41. The Morgan fingerprint density at radius 1 is 1.67 bits per heavy atom. The maximum atomic E-state index is 11.3. The van der Waals surface area contributed by atoms with E-state index in [1.54, 1.807) is 11.8 Å². The van der Waals surface area contributed by atoms with Gasteiger partial charge in [0.15, 0.2) is 0 Å². The quantitative estimate of drug-likeness (QED) is 0.662. The largest absolute Gasteiger partial charge is 0.228 e. The van der Waals surface area contributed by atoms with Crippen molar-refractivity contribution in [1.82, 2.24) is 4.31 Å². The van der Waals surface area contributed by atoms with Crippen molar-refractivity contribution in [2.24, 2.45) is 0 Å². The van der Waals surface area contributed by atoms with Crippen LogP contribution < -0.4 is 0 Å². The molecule has 12 heavy (non-hydrogen) atoms. The topological polar surface area (TPSA) is 37.4 Å². The highest BCUT2D eigenvalue weighted by Crippen LogP contribution is 2.19. The van der Waals surface area contributed by atoms with Gasteiger partial charge in [0, 0.05) is 24.1 Å². The summed E-state index contributed by atoms with van der Waals surface area (Å²) in [4.78, 5) is 0. The summed E-state index contributed by atoms with van der Waals surface area (Å²) >= 11 is 7.14. The van der Waals surface area contributed by atoms with Crippen LogP contribution in [0.2, 0.25) is 0 Å². The Kier molecular flexibility index (Phi) is 3.70. The van der Waals surface area contributed by atoms with Crippen molar-refractivity contribution in [1.29, 1.82) is 0 Å². The van der Waals surface area contributed by atoms with Gasteiger partial charge in [0.2, 0.25) is 10.0 Å². The number of hydrogen-bond acceptors (Lipinski definition) is 3. The maximum Gasteiger partial charge on any atom is 0.228 e. The van der Waals surface area contributed by atoms with Gasteiger partial charge in [-0.25, -0.2) is 8.42 Å². The van der Waals surface area contributed by atoms with Gasteiger partial charge in [0.05, 0.1) is 0 Å². The van der Waals surface area contributed by atoms with E-state index in [9.17, 15) is 8.42 Å². The predicted octanol–water partition coefficient (Wildman–Crippen LogP) is 0.950. The third kappa shape index (κ3) is 2.28. The first kappa shape index (κ1) is 10.6. The normalized spacial score (nSPS) is 27.3. The zero-order valence-corrected chi connectivity index (χ0v) is 9.25. The smallest absolute Gasteiger partial charge is 0.211 e. The van der Waals surface area contributed by atoms with Crippen molar-refractivity contribution >= 4 is 33.4 Å². The van der Waals surface area contributed by atoms with Crippen molar-refractivity contribution < 1.29 is 8.42 Å². The highest BCUT2D eigenvalue weighted by atomic mass is 35.5. The van der Waals surface area contributed by atoms with E-state index in [1.807, 2.05) is 6.92 Å². The summed E-state index contributed by atoms with van der Waals surface area (Å²) < 4.78 is 24.2. The fourth-order valence-corrected chi connectivity index (χ4v) is 3.91. The van der Waals surface area contributed by atoms with Gasteiger partial charge in [-0.2, -0.15) is 16.1 Å². The predicted molar refractivity (Wildman–Crippen MR) is 53.1 cm³/mol. The Bertz CT molecular complexity index is 242. The molecule has 0 radical (unpaired) electrons. The van der Waals surface area contributed by atoms with Gasteiger partial charge in [-0.1, -0.05) is 0 Å². The first-order valence-electron chi connectivity index (χ1n) is 3.71. The SMILES string of the molecule is CC1CSCCN1S(=O)(=O)CCl. The van der Waals surface area contributed by atoms with Crippen molar-refractivity contribution in [2.45, 2.75) is 13.0 Å². The van der Waals surface area contributed by atoms with Crippen LogP contribution in [0.25, 0.3) is 0 Å². The lowest BCUT2D eigenvalue weighted by molar-refractivity contribution is 0.370. The lowest BCUT2D eigenvalue weighted by Crippen LogP contribution is -2.44. The molecule has 0 aliphatic carbocycles. The summed E-state index contributed by atoms with van der Waals surface area (Å²) in [6.45, 7) is 2.51. The van der Waals surface area contributed by atoms with Crippen LogP contribution in [0.4, 0.5) is 0 Å². The molecule has 0 amide bonds. The number of sulfonamides is 1. The lowest BCUT2D eigenvalue weighted by atomic mass is 10.4. The van der Waals surface area contributed by atoms with Crippen molar-refractivity contribution in [3.8, 4) is 0 Å². The third-order valence-electron chi connectivity index (χ3n) is 1.80. The minimum atomic E-state index is -3.19. The molecule has 0 aromatic rings. The second kappa shape index (κ2) is 4.17. The third-order valence-corrected chi connectivity index (χ3v) is 5.35. The molecule has 1 fully saturated rings. The standard InChI is InChI=1S/C6H12ClNO2S2/c1-6-4-11-3-2-8(6)12(9,10)5-7/h6H,2-5H2,1H3. The molecule has 0 saturated carbocycles. The highest BCUT2D eigenvalue weighted by molar-refractivity contribution is 7.99. The Morgan fingerprint density at radius 3 is 2.83 bits per heavy atom. The van der Waals surface area contributed by atoms with Gasteiger partial charge < -0.3 is 0 Å². The van der Waals surface area contributed by atoms with E-state index in [2.05, 4.69) is 0 Å². The van der Waals surface area contributed by atoms with Crippen LogP contribution in [0.5, 0.6) is 0 Å². The first-order valence-corrected chi connectivity index (χ1v) is 7.01. The molecule has 3 nitrogen and oxygen atoms in total. The lowest BCUT2D eigenvalue weighted by Gasteiger charge is -2.31. The summed E-state index contributed by atoms with van der Waals surface area (Å²) in [5.74, 6) is 1.75. The average Bonchev–Trinajstić information content (AvgIpc) is 2.05. The van der Waals surface area contributed by atoms with Gasteiger partial charge in [-0.3, -0.25) is 0 Å². The van der Waals surface area contributed by atoms with Crippen molar-refractivity contribution in [3.05, 3.63) is 0 Å². The molecule has 0 bridgehead atoms. The summed E-state index contributed by atoms with van der Waals surface area (Å²) in [7, 11) is -3.19. The van der Waals surface area contributed by atoms with Crippen LogP contribution in [-0.2, 0) is 10.0 Å². The van der Waals surface area contributed by atoms with Gasteiger partial charge in [-0.15, -0.1) is 11.6 Å². The molecule has 1 heterocycles. The second-order valence-electron chi connectivity index (χ2n) is 2.76. The van der Waals surface area contributed by atoms with Gasteiger partial charge >= 0.3 is 0 Å². The molecule has 1 aliphatic heterocycles. The maximum absolute atomic E-state index is 11.3. The van der Waals surface area contributed by atoms with Crippen LogP contribution in [-0.4, -0.2) is 42.0 Å².